The molecule has 8 heteroatoms. The Bertz CT molecular complexity index is 1230. The van der Waals surface area contributed by atoms with Gasteiger partial charge in [-0.2, -0.15) is 13.9 Å². The second-order valence-corrected chi connectivity index (χ2v) is 7.93. The number of nitrogens with zero attached hydrogens (tertiary/aromatic N) is 2. The van der Waals surface area contributed by atoms with Gasteiger partial charge in [0.25, 0.3) is 0 Å². The number of hydrazone groups is 1. The number of fused-ring (bicyclic) bond motifs is 4. The number of hydrogen-bond acceptors (Lipinski definition) is 6. The van der Waals surface area contributed by atoms with Crippen LogP contribution in [0.2, 0.25) is 0 Å². The first-order valence-electron chi connectivity index (χ1n) is 10.7. The topological polar surface area (TPSA) is 52.5 Å². The Balaban J connectivity index is 1.42. The van der Waals surface area contributed by atoms with E-state index in [0.717, 1.165) is 16.8 Å². The summed E-state index contributed by atoms with van der Waals surface area (Å²) in [5.74, 6) is 2.17. The summed E-state index contributed by atoms with van der Waals surface area (Å²) in [5.41, 5.74) is 3.26. The van der Waals surface area contributed by atoms with E-state index >= 15 is 0 Å². The highest BCUT2D eigenvalue weighted by Crippen LogP contribution is 2.49. The fourth-order valence-electron chi connectivity index (χ4n) is 4.52. The van der Waals surface area contributed by atoms with Crippen molar-refractivity contribution >= 4 is 5.71 Å². The quantitative estimate of drug-likeness (QED) is 0.540. The summed E-state index contributed by atoms with van der Waals surface area (Å²) in [4.78, 5) is 0. The van der Waals surface area contributed by atoms with E-state index in [1.807, 2.05) is 47.5 Å². The maximum Gasteiger partial charge on any atom is 0.387 e. The third kappa shape index (κ3) is 3.51. The summed E-state index contributed by atoms with van der Waals surface area (Å²) < 4.78 is 48.6. The second kappa shape index (κ2) is 7.95. The molecule has 2 unspecified atom stereocenters. The molecule has 3 aromatic carbocycles. The molecule has 33 heavy (non-hydrogen) atoms. The summed E-state index contributed by atoms with van der Waals surface area (Å²) in [6.45, 7) is -1.91. The van der Waals surface area contributed by atoms with Gasteiger partial charge in [0.1, 0.15) is 24.7 Å². The number of benzene rings is 3. The molecule has 168 valence electrons. The summed E-state index contributed by atoms with van der Waals surface area (Å²) in [6.07, 6.45) is -0.0800. The molecule has 0 fully saturated rings. The van der Waals surface area contributed by atoms with E-state index in [1.54, 1.807) is 18.2 Å². The van der Waals surface area contributed by atoms with E-state index in [2.05, 4.69) is 0 Å². The molecular formula is C25H20F2N2O4. The lowest BCUT2D eigenvalue weighted by Gasteiger charge is -2.38. The highest BCUT2D eigenvalue weighted by Gasteiger charge is 2.42. The molecule has 0 amide bonds. The van der Waals surface area contributed by atoms with Crippen LogP contribution in [0.25, 0.3) is 0 Å². The van der Waals surface area contributed by atoms with Crippen molar-refractivity contribution in [2.75, 3.05) is 13.2 Å². The third-order valence-corrected chi connectivity index (χ3v) is 5.98. The molecule has 0 saturated heterocycles. The minimum atomic E-state index is -2.94. The molecule has 3 aliphatic heterocycles. The number of para-hydroxylation sites is 2. The Morgan fingerprint density at radius 2 is 1.64 bits per heavy atom. The standard InChI is InChI=1S/C25H20F2N2O4/c26-25(27)33-21-8-4-2-6-17(21)24-29-19(16-5-1-3-7-20(16)32-24)14-18(28-29)15-9-10-22-23(13-15)31-12-11-30-22/h1-10,13,19,24-25H,11-12,14H2. The summed E-state index contributed by atoms with van der Waals surface area (Å²) in [7, 11) is 0. The minimum Gasteiger partial charge on any atom is -0.486 e. The number of rotatable bonds is 4. The van der Waals surface area contributed by atoms with Gasteiger partial charge in [-0.3, -0.25) is 0 Å². The van der Waals surface area contributed by atoms with Crippen molar-refractivity contribution in [2.24, 2.45) is 5.10 Å². The highest BCUT2D eigenvalue weighted by atomic mass is 19.3. The lowest BCUT2D eigenvalue weighted by molar-refractivity contribution is -0.0578. The number of hydrogen-bond donors (Lipinski definition) is 0. The lowest BCUT2D eigenvalue weighted by Crippen LogP contribution is -2.34. The molecule has 3 aliphatic rings. The van der Waals surface area contributed by atoms with Crippen LogP contribution in [0.15, 0.2) is 71.8 Å². The zero-order chi connectivity index (χ0) is 22.4. The van der Waals surface area contributed by atoms with Gasteiger partial charge in [0, 0.05) is 17.5 Å². The fraction of sp³-hybridized carbons (Fsp3) is 0.240. The molecule has 6 rings (SSSR count). The van der Waals surface area contributed by atoms with Gasteiger partial charge in [0.05, 0.1) is 17.3 Å². The fourth-order valence-corrected chi connectivity index (χ4v) is 4.52. The highest BCUT2D eigenvalue weighted by molar-refractivity contribution is 6.02. The van der Waals surface area contributed by atoms with Crippen LogP contribution in [0.4, 0.5) is 8.78 Å². The SMILES string of the molecule is FC(F)Oc1ccccc1C1Oc2ccccc2C2CC(c3ccc4c(c3)OCCO4)=NN21. The number of halogens is 2. The van der Waals surface area contributed by atoms with Gasteiger partial charge in [-0.25, -0.2) is 5.01 Å². The molecule has 0 aromatic heterocycles. The van der Waals surface area contributed by atoms with Gasteiger partial charge in [0.2, 0.25) is 6.23 Å². The van der Waals surface area contributed by atoms with Crippen LogP contribution >= 0.6 is 0 Å². The predicted octanol–water partition coefficient (Wildman–Crippen LogP) is 5.30. The van der Waals surface area contributed by atoms with E-state index in [-0.39, 0.29) is 11.8 Å². The van der Waals surface area contributed by atoms with E-state index in [0.29, 0.717) is 42.4 Å². The van der Waals surface area contributed by atoms with Crippen molar-refractivity contribution in [3.63, 3.8) is 0 Å². The van der Waals surface area contributed by atoms with Gasteiger partial charge in [0.15, 0.2) is 11.5 Å². The summed E-state index contributed by atoms with van der Waals surface area (Å²) in [6, 6.07) is 20.1. The summed E-state index contributed by atoms with van der Waals surface area (Å²) in [5, 5.41) is 6.73. The molecule has 6 nitrogen and oxygen atoms in total. The van der Waals surface area contributed by atoms with Gasteiger partial charge in [-0.15, -0.1) is 0 Å². The Morgan fingerprint density at radius 1 is 0.879 bits per heavy atom. The molecule has 3 heterocycles. The van der Waals surface area contributed by atoms with Crippen molar-refractivity contribution < 1.29 is 27.7 Å². The smallest absolute Gasteiger partial charge is 0.387 e. The molecular weight excluding hydrogens is 430 g/mol. The molecule has 0 N–H and O–H groups in total. The normalized spacial score (nSPS) is 20.6. The van der Waals surface area contributed by atoms with Crippen molar-refractivity contribution in [3.05, 3.63) is 83.4 Å². The van der Waals surface area contributed by atoms with Crippen molar-refractivity contribution in [1.29, 1.82) is 0 Å². The average Bonchev–Trinajstić information content (AvgIpc) is 3.29. The van der Waals surface area contributed by atoms with Crippen LogP contribution in [0.3, 0.4) is 0 Å². The van der Waals surface area contributed by atoms with Crippen LogP contribution in [0.5, 0.6) is 23.0 Å². The predicted molar refractivity (Wildman–Crippen MR) is 116 cm³/mol. The second-order valence-electron chi connectivity index (χ2n) is 7.93. The molecule has 0 saturated carbocycles. The first-order chi connectivity index (χ1) is 16.2. The molecule has 2 atom stereocenters. The van der Waals surface area contributed by atoms with Crippen LogP contribution < -0.4 is 18.9 Å². The van der Waals surface area contributed by atoms with Crippen molar-refractivity contribution in [1.82, 2.24) is 5.01 Å². The average molecular weight is 450 g/mol. The molecule has 0 radical (unpaired) electrons. The molecule has 0 aliphatic carbocycles. The Labute approximate surface area is 188 Å². The lowest BCUT2D eigenvalue weighted by atomic mass is 9.95. The summed E-state index contributed by atoms with van der Waals surface area (Å²) >= 11 is 0. The first-order valence-corrected chi connectivity index (χ1v) is 10.7. The zero-order valence-corrected chi connectivity index (χ0v) is 17.5. The molecule has 3 aromatic rings. The van der Waals surface area contributed by atoms with Gasteiger partial charge in [-0.05, 0) is 36.4 Å². The van der Waals surface area contributed by atoms with Gasteiger partial charge in [-0.1, -0.05) is 30.3 Å². The van der Waals surface area contributed by atoms with Gasteiger partial charge < -0.3 is 18.9 Å². The maximum atomic E-state index is 13.1. The largest absolute Gasteiger partial charge is 0.486 e. The van der Waals surface area contributed by atoms with Gasteiger partial charge >= 0.3 is 6.61 Å². The van der Waals surface area contributed by atoms with Crippen LogP contribution in [-0.2, 0) is 0 Å². The zero-order valence-electron chi connectivity index (χ0n) is 17.5. The van der Waals surface area contributed by atoms with E-state index < -0.39 is 12.8 Å². The Morgan fingerprint density at radius 3 is 2.48 bits per heavy atom. The third-order valence-electron chi connectivity index (χ3n) is 5.98. The van der Waals surface area contributed by atoms with Crippen LogP contribution in [-0.4, -0.2) is 30.5 Å². The number of ether oxygens (including phenoxy) is 4. The Hall–Kier alpha value is -3.81. The minimum absolute atomic E-state index is 0.0682. The molecule has 0 bridgehead atoms. The Kier molecular flexibility index (Phi) is 4.78. The van der Waals surface area contributed by atoms with Crippen molar-refractivity contribution in [3.8, 4) is 23.0 Å². The monoisotopic (exact) mass is 450 g/mol. The van der Waals surface area contributed by atoms with Crippen LogP contribution in [0, 0.1) is 0 Å². The van der Waals surface area contributed by atoms with E-state index in [9.17, 15) is 8.78 Å². The molecule has 0 spiro atoms. The first kappa shape index (κ1) is 19.8. The number of alkyl halides is 2. The van der Waals surface area contributed by atoms with E-state index in [1.165, 1.54) is 6.07 Å². The maximum absolute atomic E-state index is 13.1. The van der Waals surface area contributed by atoms with Crippen molar-refractivity contribution in [2.45, 2.75) is 25.3 Å². The van der Waals surface area contributed by atoms with E-state index in [4.69, 9.17) is 24.0 Å². The van der Waals surface area contributed by atoms with Crippen LogP contribution in [0.1, 0.15) is 35.4 Å².